The van der Waals surface area contributed by atoms with E-state index in [0.717, 1.165) is 65.5 Å². The molecule has 0 bridgehead atoms. The van der Waals surface area contributed by atoms with Gasteiger partial charge in [-0.2, -0.15) is 0 Å². The topological polar surface area (TPSA) is 59.2 Å². The summed E-state index contributed by atoms with van der Waals surface area (Å²) in [5.74, 6) is 1.74. The van der Waals surface area contributed by atoms with Gasteiger partial charge >= 0.3 is 0 Å². The van der Waals surface area contributed by atoms with Gasteiger partial charge in [0.15, 0.2) is 5.82 Å². The zero-order valence-electron chi connectivity index (χ0n) is 31.5. The fourth-order valence-corrected chi connectivity index (χ4v) is 10.4. The first kappa shape index (κ1) is 34.0. The zero-order valence-corrected chi connectivity index (χ0v) is 32.3. The number of furan rings is 1. The van der Waals surface area contributed by atoms with Crippen molar-refractivity contribution in [2.75, 3.05) is 0 Å². The molecule has 1 fully saturated rings. The Labute approximate surface area is 335 Å². The second-order valence-electron chi connectivity index (χ2n) is 15.6. The average molecular weight is 757 g/mol. The highest BCUT2D eigenvalue weighted by atomic mass is 32.1. The Bertz CT molecular complexity index is 3050. The van der Waals surface area contributed by atoms with Crippen LogP contribution in [0.5, 0.6) is 0 Å². The predicted molar refractivity (Wildman–Crippen MR) is 237 cm³/mol. The molecule has 6 aromatic carbocycles. The van der Waals surface area contributed by atoms with E-state index in [1.807, 2.05) is 24.3 Å². The lowest BCUT2D eigenvalue weighted by Crippen LogP contribution is -2.09. The van der Waals surface area contributed by atoms with E-state index in [1.54, 1.807) is 11.3 Å². The Balaban J connectivity index is 0.953. The summed E-state index contributed by atoms with van der Waals surface area (Å²) in [5.41, 5.74) is 12.6. The maximum absolute atomic E-state index is 11.7. The molecule has 0 aliphatic heterocycles. The molecule has 1 N–H and O–H groups in total. The van der Waals surface area contributed by atoms with E-state index in [-0.39, 0.29) is 5.92 Å². The van der Waals surface area contributed by atoms with E-state index >= 15 is 0 Å². The van der Waals surface area contributed by atoms with Gasteiger partial charge in [-0.3, -0.25) is 0 Å². The third kappa shape index (κ3) is 6.05. The summed E-state index contributed by atoms with van der Waals surface area (Å²) in [7, 11) is 0. The second kappa shape index (κ2) is 14.0. The third-order valence-electron chi connectivity index (χ3n) is 12.2. The molecule has 2 aliphatic carbocycles. The molecule has 9 aromatic rings. The van der Waals surface area contributed by atoms with Crippen molar-refractivity contribution in [3.63, 3.8) is 0 Å². The lowest BCUT2D eigenvalue weighted by molar-refractivity contribution is 0.383. The summed E-state index contributed by atoms with van der Waals surface area (Å²) in [6, 6.07) is 49.2. The molecule has 1 saturated carbocycles. The molecule has 2 aliphatic rings. The first-order valence-corrected chi connectivity index (χ1v) is 21.0. The molecular weight excluding hydrogens is 717 g/mol. The van der Waals surface area contributed by atoms with E-state index in [4.69, 9.17) is 14.4 Å². The Kier molecular flexibility index (Phi) is 8.36. The lowest BCUT2D eigenvalue weighted by atomic mass is 9.78. The monoisotopic (exact) mass is 756 g/mol. The van der Waals surface area contributed by atoms with Crippen LogP contribution in [0.3, 0.4) is 0 Å². The third-order valence-corrected chi connectivity index (χ3v) is 13.3. The van der Waals surface area contributed by atoms with E-state index in [1.165, 1.54) is 59.1 Å². The largest absolute Gasteiger partial charge is 0.512 e. The number of hydrogen-bond acceptors (Lipinski definition) is 5. The molecule has 5 heteroatoms. The maximum atomic E-state index is 11.7. The van der Waals surface area contributed by atoms with E-state index in [0.29, 0.717) is 23.9 Å². The summed E-state index contributed by atoms with van der Waals surface area (Å²) in [5, 5.41) is 15.0. The average Bonchev–Trinajstić information content (AvgIpc) is 3.84. The van der Waals surface area contributed by atoms with Gasteiger partial charge in [0.2, 0.25) is 0 Å². The number of para-hydroxylation sites is 1. The van der Waals surface area contributed by atoms with Gasteiger partial charge in [0.25, 0.3) is 0 Å². The molecule has 0 saturated heterocycles. The van der Waals surface area contributed by atoms with Crippen molar-refractivity contribution in [3.05, 3.63) is 174 Å². The SMILES string of the molecule is OC1=C(c2cccc(-c3nc(-c4ccc5c(c4)oc4ccccc45)c4sc5ccccc5c4n3)c2)C=CC(c2ccc(-c3ccccc3)c(C3CCCCC3)c2)C1. The van der Waals surface area contributed by atoms with Gasteiger partial charge < -0.3 is 9.52 Å². The minimum Gasteiger partial charge on any atom is -0.512 e. The number of rotatable bonds is 6. The van der Waals surface area contributed by atoms with Crippen LogP contribution in [0, 0.1) is 0 Å². The van der Waals surface area contributed by atoms with Gasteiger partial charge in [-0.15, -0.1) is 11.3 Å². The normalized spacial score (nSPS) is 16.4. The molecule has 57 heavy (non-hydrogen) atoms. The number of aromatic nitrogens is 2. The Morgan fingerprint density at radius 2 is 1.39 bits per heavy atom. The minimum atomic E-state index is 0.105. The molecule has 11 rings (SSSR count). The number of benzene rings is 6. The van der Waals surface area contributed by atoms with Crippen LogP contribution in [-0.2, 0) is 0 Å². The summed E-state index contributed by atoms with van der Waals surface area (Å²) < 4.78 is 8.54. The molecule has 1 atom stereocenters. The highest BCUT2D eigenvalue weighted by Gasteiger charge is 2.24. The number of aliphatic hydroxyl groups is 1. The number of fused-ring (bicyclic) bond motifs is 6. The highest BCUT2D eigenvalue weighted by Crippen LogP contribution is 2.44. The number of allylic oxidation sites excluding steroid dienone is 4. The molecule has 1 unspecified atom stereocenters. The van der Waals surface area contributed by atoms with E-state index < -0.39 is 0 Å². The zero-order chi connectivity index (χ0) is 37.9. The van der Waals surface area contributed by atoms with Gasteiger partial charge in [0.05, 0.1) is 15.9 Å². The van der Waals surface area contributed by atoms with Crippen molar-refractivity contribution < 1.29 is 9.52 Å². The van der Waals surface area contributed by atoms with Crippen molar-refractivity contribution in [1.29, 1.82) is 0 Å². The number of thiophene rings is 1. The van der Waals surface area contributed by atoms with Crippen LogP contribution in [0.2, 0.25) is 0 Å². The van der Waals surface area contributed by atoms with Crippen molar-refractivity contribution in [2.45, 2.75) is 50.4 Å². The molecule has 0 radical (unpaired) electrons. The Morgan fingerprint density at radius 3 is 2.26 bits per heavy atom. The standard InChI is InChI=1S/C52H40N2O2S/c55-45-30-35(34-22-25-39(32-12-3-1-4-13-32)44(29-34)33-14-5-2-6-15-33)23-26-40(45)36-16-11-17-38(28-36)52-53-49(51-50(54-52)43-19-8-10-21-48(43)57-51)37-24-27-42-41-18-7-9-20-46(41)56-47(42)31-37/h1,3-4,7-13,16-29,31,33,35,55H,2,5-6,14-15,30H2. The molecule has 0 spiro atoms. The first-order chi connectivity index (χ1) is 28.1. The fourth-order valence-electron chi connectivity index (χ4n) is 9.25. The van der Waals surface area contributed by atoms with E-state index in [2.05, 4.69) is 127 Å². The first-order valence-electron chi connectivity index (χ1n) is 20.2. The summed E-state index contributed by atoms with van der Waals surface area (Å²) >= 11 is 1.72. The number of hydrogen-bond donors (Lipinski definition) is 1. The van der Waals surface area contributed by atoms with Crippen LogP contribution < -0.4 is 0 Å². The molecule has 276 valence electrons. The maximum Gasteiger partial charge on any atom is 0.160 e. The van der Waals surface area contributed by atoms with Gasteiger partial charge in [-0.05, 0) is 76.9 Å². The van der Waals surface area contributed by atoms with Crippen LogP contribution in [0.15, 0.2) is 162 Å². The fraction of sp³-hybridized carbons (Fsp3) is 0.154. The van der Waals surface area contributed by atoms with Crippen LogP contribution in [-0.4, -0.2) is 15.1 Å². The van der Waals surface area contributed by atoms with Crippen molar-refractivity contribution in [3.8, 4) is 33.8 Å². The van der Waals surface area contributed by atoms with Crippen molar-refractivity contribution in [1.82, 2.24) is 9.97 Å². The van der Waals surface area contributed by atoms with Gasteiger partial charge in [-0.1, -0.05) is 141 Å². The van der Waals surface area contributed by atoms with Crippen LogP contribution >= 0.6 is 11.3 Å². The van der Waals surface area contributed by atoms with E-state index in [9.17, 15) is 5.11 Å². The van der Waals surface area contributed by atoms with Crippen LogP contribution in [0.1, 0.15) is 67.1 Å². The van der Waals surface area contributed by atoms with Gasteiger partial charge in [0, 0.05) is 49.9 Å². The molecular formula is C52H40N2O2S. The van der Waals surface area contributed by atoms with Gasteiger partial charge in [0.1, 0.15) is 16.9 Å². The lowest BCUT2D eigenvalue weighted by Gasteiger charge is -2.27. The van der Waals surface area contributed by atoms with Crippen molar-refractivity contribution >= 4 is 59.2 Å². The van der Waals surface area contributed by atoms with Crippen molar-refractivity contribution in [2.24, 2.45) is 0 Å². The Morgan fingerprint density at radius 1 is 0.614 bits per heavy atom. The van der Waals surface area contributed by atoms with Crippen LogP contribution in [0.4, 0.5) is 0 Å². The minimum absolute atomic E-state index is 0.105. The number of nitrogens with zero attached hydrogens (tertiary/aromatic N) is 2. The summed E-state index contributed by atoms with van der Waals surface area (Å²) in [4.78, 5) is 10.5. The smallest absolute Gasteiger partial charge is 0.160 e. The highest BCUT2D eigenvalue weighted by molar-refractivity contribution is 7.26. The molecule has 4 nitrogen and oxygen atoms in total. The molecule has 3 heterocycles. The second-order valence-corrected chi connectivity index (χ2v) is 16.7. The predicted octanol–water partition coefficient (Wildman–Crippen LogP) is 14.8. The van der Waals surface area contributed by atoms with Gasteiger partial charge in [-0.25, -0.2) is 9.97 Å². The molecule has 0 amide bonds. The summed E-state index contributed by atoms with van der Waals surface area (Å²) in [6.45, 7) is 0. The summed E-state index contributed by atoms with van der Waals surface area (Å²) in [6.07, 6.45) is 11.3. The molecule has 3 aromatic heterocycles. The quantitative estimate of drug-likeness (QED) is 0.184. The number of aliphatic hydroxyl groups excluding tert-OH is 1. The Hall–Kier alpha value is -6.30. The van der Waals surface area contributed by atoms with Crippen LogP contribution in [0.25, 0.3) is 81.6 Å².